The molecule has 0 aliphatic carbocycles. The molecule has 0 saturated carbocycles. The number of rotatable bonds is 6. The summed E-state index contributed by atoms with van der Waals surface area (Å²) in [5, 5.41) is 22.7. The molecule has 0 aliphatic rings. The van der Waals surface area contributed by atoms with Gasteiger partial charge in [0.05, 0.1) is 16.6 Å². The number of non-ortho nitro benzene ring substituents is 1. The average Bonchev–Trinajstić information content (AvgIpc) is 2.81. The molecule has 0 amide bonds. The Kier molecular flexibility index (Phi) is 5.72. The van der Waals surface area contributed by atoms with Crippen LogP contribution in [0.1, 0.15) is 16.7 Å². The van der Waals surface area contributed by atoms with Gasteiger partial charge in [-0.1, -0.05) is 54.6 Å². The molecule has 0 fully saturated rings. The molecule has 0 heterocycles. The molecule has 0 unspecified atom stereocenters. The summed E-state index contributed by atoms with van der Waals surface area (Å²) in [6.45, 7) is 0.433. The van der Waals surface area contributed by atoms with Crippen molar-refractivity contribution in [3.8, 4) is 11.8 Å². The number of nitro groups is 1. The van der Waals surface area contributed by atoms with E-state index in [4.69, 9.17) is 4.74 Å². The maximum atomic E-state index is 10.8. The minimum atomic E-state index is -0.462. The molecule has 0 atom stereocenters. The van der Waals surface area contributed by atoms with E-state index in [1.165, 1.54) is 17.5 Å². The van der Waals surface area contributed by atoms with Gasteiger partial charge in [0.2, 0.25) is 0 Å². The van der Waals surface area contributed by atoms with E-state index in [1.807, 2.05) is 42.5 Å². The molecule has 0 radical (unpaired) electrons. The molecule has 0 aromatic heterocycles. The molecule has 0 bridgehead atoms. The van der Waals surface area contributed by atoms with Gasteiger partial charge in [-0.05, 0) is 57.8 Å². The van der Waals surface area contributed by atoms with Crippen LogP contribution in [0.25, 0.3) is 22.4 Å². The van der Waals surface area contributed by atoms with Crippen molar-refractivity contribution < 1.29 is 9.66 Å². The van der Waals surface area contributed by atoms with Crippen molar-refractivity contribution in [1.29, 1.82) is 5.26 Å². The molecule has 0 saturated heterocycles. The molecule has 0 aliphatic heterocycles. The summed E-state index contributed by atoms with van der Waals surface area (Å²) in [4.78, 5) is 10.4. The fraction of sp³-hybridized carbons (Fsp3) is 0.0385. The van der Waals surface area contributed by atoms with E-state index >= 15 is 0 Å². The highest BCUT2D eigenvalue weighted by Crippen LogP contribution is 2.24. The van der Waals surface area contributed by atoms with E-state index < -0.39 is 4.92 Å². The van der Waals surface area contributed by atoms with E-state index in [9.17, 15) is 15.4 Å². The lowest BCUT2D eigenvalue weighted by molar-refractivity contribution is -0.384. The Balaban J connectivity index is 1.54. The SMILES string of the molecule is N#C/C(=C/c1cccc(OCc2cccc3ccccc23)c1)c1ccc([N+](=O)[O-])cc1. The summed E-state index contributed by atoms with van der Waals surface area (Å²) in [5.74, 6) is 0.697. The summed E-state index contributed by atoms with van der Waals surface area (Å²) < 4.78 is 6.02. The maximum Gasteiger partial charge on any atom is 0.269 e. The van der Waals surface area contributed by atoms with Crippen molar-refractivity contribution in [1.82, 2.24) is 0 Å². The van der Waals surface area contributed by atoms with Gasteiger partial charge in [0.15, 0.2) is 0 Å². The lowest BCUT2D eigenvalue weighted by Crippen LogP contribution is -1.96. The van der Waals surface area contributed by atoms with Gasteiger partial charge in [-0.2, -0.15) is 5.26 Å². The zero-order chi connectivity index (χ0) is 21.6. The van der Waals surface area contributed by atoms with Gasteiger partial charge in [-0.15, -0.1) is 0 Å². The summed E-state index contributed by atoms with van der Waals surface area (Å²) >= 11 is 0. The number of hydrogen-bond acceptors (Lipinski definition) is 4. The highest BCUT2D eigenvalue weighted by atomic mass is 16.6. The monoisotopic (exact) mass is 406 g/mol. The van der Waals surface area contributed by atoms with Crippen LogP contribution in [0.2, 0.25) is 0 Å². The number of nitriles is 1. The van der Waals surface area contributed by atoms with E-state index in [0.717, 1.165) is 16.5 Å². The first-order valence-corrected chi connectivity index (χ1v) is 9.70. The van der Waals surface area contributed by atoms with Gasteiger partial charge < -0.3 is 4.74 Å². The number of fused-ring (bicyclic) bond motifs is 1. The van der Waals surface area contributed by atoms with Gasteiger partial charge >= 0.3 is 0 Å². The number of benzene rings is 4. The average molecular weight is 406 g/mol. The second-order valence-corrected chi connectivity index (χ2v) is 6.97. The molecule has 5 nitrogen and oxygen atoms in total. The number of allylic oxidation sites excluding steroid dienone is 1. The van der Waals surface area contributed by atoms with Crippen LogP contribution in [0.3, 0.4) is 0 Å². The molecule has 31 heavy (non-hydrogen) atoms. The Labute approximate surface area is 179 Å². The van der Waals surface area contributed by atoms with Crippen LogP contribution < -0.4 is 4.74 Å². The minimum Gasteiger partial charge on any atom is -0.489 e. The smallest absolute Gasteiger partial charge is 0.269 e. The Morgan fingerprint density at radius 2 is 1.71 bits per heavy atom. The molecule has 0 spiro atoms. The van der Waals surface area contributed by atoms with Gasteiger partial charge in [0.1, 0.15) is 12.4 Å². The number of nitro benzene ring substituents is 1. The van der Waals surface area contributed by atoms with Gasteiger partial charge in [0, 0.05) is 12.1 Å². The minimum absolute atomic E-state index is 0.00938. The van der Waals surface area contributed by atoms with Gasteiger partial charge in [0.25, 0.3) is 5.69 Å². The molecule has 5 heteroatoms. The summed E-state index contributed by atoms with van der Waals surface area (Å²) in [5.41, 5.74) is 2.94. The largest absolute Gasteiger partial charge is 0.489 e. The standard InChI is InChI=1S/C26H18N2O3/c27-17-23(20-11-13-24(14-12-20)28(29)30)15-19-5-3-9-25(16-19)31-18-22-8-4-7-21-6-1-2-10-26(21)22/h1-16H,18H2/b23-15-. The lowest BCUT2D eigenvalue weighted by atomic mass is 10.0. The quantitative estimate of drug-likeness (QED) is 0.161. The number of nitrogens with zero attached hydrogens (tertiary/aromatic N) is 2. The summed E-state index contributed by atoms with van der Waals surface area (Å²) in [6, 6.07) is 29.9. The number of ether oxygens (including phenoxy) is 1. The second-order valence-electron chi connectivity index (χ2n) is 6.97. The van der Waals surface area contributed by atoms with Crippen LogP contribution in [0.4, 0.5) is 5.69 Å². The van der Waals surface area contributed by atoms with Crippen molar-refractivity contribution in [2.24, 2.45) is 0 Å². The van der Waals surface area contributed by atoms with E-state index in [-0.39, 0.29) is 5.69 Å². The first-order valence-electron chi connectivity index (χ1n) is 9.70. The maximum absolute atomic E-state index is 10.8. The van der Waals surface area contributed by atoms with E-state index in [2.05, 4.69) is 30.3 Å². The van der Waals surface area contributed by atoms with Crippen LogP contribution in [-0.4, -0.2) is 4.92 Å². The zero-order valence-electron chi connectivity index (χ0n) is 16.6. The third kappa shape index (κ3) is 4.60. The summed E-state index contributed by atoms with van der Waals surface area (Å²) in [6.07, 6.45) is 1.74. The van der Waals surface area contributed by atoms with Crippen LogP contribution >= 0.6 is 0 Å². The Hall–Kier alpha value is -4.43. The summed E-state index contributed by atoms with van der Waals surface area (Å²) in [7, 11) is 0. The van der Waals surface area contributed by atoms with Crippen LogP contribution in [-0.2, 0) is 6.61 Å². The first kappa shape index (κ1) is 19.9. The zero-order valence-corrected chi connectivity index (χ0v) is 16.6. The van der Waals surface area contributed by atoms with Crippen molar-refractivity contribution in [3.05, 3.63) is 118 Å². The van der Waals surface area contributed by atoms with Crippen LogP contribution in [0.15, 0.2) is 91.0 Å². The molecule has 4 aromatic carbocycles. The van der Waals surface area contributed by atoms with Gasteiger partial charge in [-0.25, -0.2) is 0 Å². The normalized spacial score (nSPS) is 11.1. The van der Waals surface area contributed by atoms with Crippen LogP contribution in [0.5, 0.6) is 5.75 Å². The Bertz CT molecular complexity index is 1310. The predicted octanol–water partition coefficient (Wildman–Crippen LogP) is 6.39. The van der Waals surface area contributed by atoms with Gasteiger partial charge in [-0.3, -0.25) is 10.1 Å². The molecular weight excluding hydrogens is 388 g/mol. The Morgan fingerprint density at radius 1 is 0.968 bits per heavy atom. The Morgan fingerprint density at radius 3 is 2.48 bits per heavy atom. The van der Waals surface area contributed by atoms with Crippen molar-refractivity contribution in [2.75, 3.05) is 0 Å². The van der Waals surface area contributed by atoms with Crippen molar-refractivity contribution in [2.45, 2.75) is 6.61 Å². The van der Waals surface area contributed by atoms with Crippen molar-refractivity contribution in [3.63, 3.8) is 0 Å². The number of hydrogen-bond donors (Lipinski definition) is 0. The highest BCUT2D eigenvalue weighted by Gasteiger charge is 2.07. The first-order chi connectivity index (χ1) is 15.1. The molecule has 0 N–H and O–H groups in total. The fourth-order valence-corrected chi connectivity index (χ4v) is 3.38. The highest BCUT2D eigenvalue weighted by molar-refractivity contribution is 5.90. The lowest BCUT2D eigenvalue weighted by Gasteiger charge is -2.10. The van der Waals surface area contributed by atoms with Crippen LogP contribution in [0, 0.1) is 21.4 Å². The molecular formula is C26H18N2O3. The van der Waals surface area contributed by atoms with E-state index in [0.29, 0.717) is 23.5 Å². The molecule has 4 aromatic rings. The molecule has 4 rings (SSSR count). The third-order valence-electron chi connectivity index (χ3n) is 4.95. The van der Waals surface area contributed by atoms with Crippen molar-refractivity contribution >= 4 is 28.1 Å². The van der Waals surface area contributed by atoms with E-state index in [1.54, 1.807) is 18.2 Å². The topological polar surface area (TPSA) is 76.2 Å². The molecule has 150 valence electrons. The predicted molar refractivity (Wildman–Crippen MR) is 121 cm³/mol. The second kappa shape index (κ2) is 8.93. The fourth-order valence-electron chi connectivity index (χ4n) is 3.38. The third-order valence-corrected chi connectivity index (χ3v) is 4.95.